The van der Waals surface area contributed by atoms with Crippen molar-refractivity contribution in [2.45, 2.75) is 13.1 Å². The number of carbonyl (C=O) groups excluding carboxylic acids is 1. The molecule has 0 radical (unpaired) electrons. The van der Waals surface area contributed by atoms with Crippen molar-refractivity contribution in [3.63, 3.8) is 0 Å². The number of imidazole rings is 1. The van der Waals surface area contributed by atoms with Crippen molar-refractivity contribution in [1.82, 2.24) is 24.6 Å². The Bertz CT molecular complexity index is 1000. The van der Waals surface area contributed by atoms with E-state index in [1.54, 1.807) is 35.7 Å². The third-order valence-corrected chi connectivity index (χ3v) is 4.80. The maximum absolute atomic E-state index is 12.5. The van der Waals surface area contributed by atoms with Crippen LogP contribution in [0.3, 0.4) is 0 Å². The van der Waals surface area contributed by atoms with Gasteiger partial charge in [-0.2, -0.15) is 16.4 Å². The number of rotatable bonds is 5. The van der Waals surface area contributed by atoms with Crippen LogP contribution in [0.15, 0.2) is 53.5 Å². The van der Waals surface area contributed by atoms with E-state index in [1.165, 1.54) is 0 Å². The summed E-state index contributed by atoms with van der Waals surface area (Å²) in [6.07, 6.45) is 1.80. The molecule has 1 aromatic carbocycles. The molecule has 0 unspecified atom stereocenters. The molecule has 1 N–H and O–H groups in total. The minimum absolute atomic E-state index is 0.0933. The predicted molar refractivity (Wildman–Crippen MR) is 97.5 cm³/mol. The minimum Gasteiger partial charge on any atom is -0.336 e. The maximum Gasteiger partial charge on any atom is 0.274 e. The van der Waals surface area contributed by atoms with E-state index in [9.17, 15) is 4.79 Å². The molecule has 0 spiro atoms. The molecule has 7 heteroatoms. The number of H-pyrrole nitrogens is 1. The second-order valence-electron chi connectivity index (χ2n) is 5.93. The van der Waals surface area contributed by atoms with Crippen molar-refractivity contribution in [2.75, 3.05) is 7.05 Å². The first-order valence-electron chi connectivity index (χ1n) is 7.91. The molecule has 3 aromatic heterocycles. The average Bonchev–Trinajstić information content (AvgIpc) is 3.36. The van der Waals surface area contributed by atoms with Crippen LogP contribution in [0.1, 0.15) is 21.7 Å². The van der Waals surface area contributed by atoms with Gasteiger partial charge in [0.25, 0.3) is 5.91 Å². The van der Waals surface area contributed by atoms with E-state index < -0.39 is 0 Å². The monoisotopic (exact) mass is 351 g/mol. The number of hydrogen-bond donors (Lipinski definition) is 1. The van der Waals surface area contributed by atoms with E-state index >= 15 is 0 Å². The summed E-state index contributed by atoms with van der Waals surface area (Å²) < 4.78 is 2.03. The van der Waals surface area contributed by atoms with Gasteiger partial charge in [0.1, 0.15) is 5.69 Å². The molecule has 1 amide bonds. The van der Waals surface area contributed by atoms with E-state index in [-0.39, 0.29) is 5.91 Å². The fourth-order valence-electron chi connectivity index (χ4n) is 2.80. The van der Waals surface area contributed by atoms with E-state index in [0.29, 0.717) is 18.8 Å². The Kier molecular flexibility index (Phi) is 4.07. The van der Waals surface area contributed by atoms with Crippen molar-refractivity contribution < 1.29 is 4.79 Å². The summed E-state index contributed by atoms with van der Waals surface area (Å²) in [6, 6.07) is 11.8. The first-order chi connectivity index (χ1) is 12.2. The lowest BCUT2D eigenvalue weighted by Gasteiger charge is -2.14. The Morgan fingerprint density at radius 3 is 3.04 bits per heavy atom. The number of nitrogens with zero attached hydrogens (tertiary/aromatic N) is 4. The zero-order valence-corrected chi connectivity index (χ0v) is 14.5. The lowest BCUT2D eigenvalue weighted by molar-refractivity contribution is 0.0779. The molecule has 0 fully saturated rings. The van der Waals surface area contributed by atoms with Gasteiger partial charge in [0.2, 0.25) is 0 Å². The molecule has 0 aliphatic rings. The number of fused-ring (bicyclic) bond motifs is 1. The van der Waals surface area contributed by atoms with Gasteiger partial charge in [-0.1, -0.05) is 12.1 Å². The van der Waals surface area contributed by atoms with Gasteiger partial charge in [0.05, 0.1) is 29.6 Å². The molecule has 3 heterocycles. The van der Waals surface area contributed by atoms with Gasteiger partial charge >= 0.3 is 0 Å². The van der Waals surface area contributed by atoms with Crippen LogP contribution in [-0.4, -0.2) is 37.6 Å². The Hall–Kier alpha value is -2.93. The molecule has 4 rings (SSSR count). The topological polar surface area (TPSA) is 66.8 Å². The molecule has 0 bridgehead atoms. The summed E-state index contributed by atoms with van der Waals surface area (Å²) in [7, 11) is 1.79. The zero-order chi connectivity index (χ0) is 17.2. The number of aromatic nitrogens is 4. The van der Waals surface area contributed by atoms with Crippen LogP contribution in [0, 0.1) is 0 Å². The minimum atomic E-state index is -0.0933. The molecule has 0 aliphatic carbocycles. The average molecular weight is 351 g/mol. The molecule has 0 aliphatic heterocycles. The number of thiophene rings is 1. The fourth-order valence-corrected chi connectivity index (χ4v) is 3.46. The summed E-state index contributed by atoms with van der Waals surface area (Å²) in [5.41, 5.74) is 4.43. The summed E-state index contributed by atoms with van der Waals surface area (Å²) >= 11 is 1.63. The van der Waals surface area contributed by atoms with Crippen LogP contribution >= 0.6 is 11.3 Å². The lowest BCUT2D eigenvalue weighted by Crippen LogP contribution is -2.26. The molecular formula is C18H17N5OS. The Morgan fingerprint density at radius 1 is 1.32 bits per heavy atom. The van der Waals surface area contributed by atoms with Crippen molar-refractivity contribution in [2.24, 2.45) is 0 Å². The van der Waals surface area contributed by atoms with Crippen LogP contribution in [0.2, 0.25) is 0 Å². The van der Waals surface area contributed by atoms with Crippen LogP contribution < -0.4 is 0 Å². The standard InChI is InChI=1S/C18H17N5OS/c1-22(9-13-6-7-25-11-13)18(24)16-8-14(20-21-16)10-23-12-19-15-4-2-3-5-17(15)23/h2-8,11-12H,9-10H2,1H3,(H,20,21). The second-order valence-corrected chi connectivity index (χ2v) is 6.71. The predicted octanol–water partition coefficient (Wildman–Crippen LogP) is 3.14. The van der Waals surface area contributed by atoms with Crippen LogP contribution in [0.5, 0.6) is 0 Å². The van der Waals surface area contributed by atoms with Crippen LogP contribution in [-0.2, 0) is 13.1 Å². The van der Waals surface area contributed by atoms with Gasteiger partial charge in [-0.05, 0) is 40.6 Å². The molecule has 0 atom stereocenters. The van der Waals surface area contributed by atoms with Gasteiger partial charge < -0.3 is 9.47 Å². The highest BCUT2D eigenvalue weighted by Gasteiger charge is 2.16. The van der Waals surface area contributed by atoms with Gasteiger partial charge in [-0.3, -0.25) is 9.89 Å². The maximum atomic E-state index is 12.5. The normalized spacial score (nSPS) is 11.1. The SMILES string of the molecule is CN(Cc1ccsc1)C(=O)c1cc(Cn2cnc3ccccc32)[nH]n1. The highest BCUT2D eigenvalue weighted by Crippen LogP contribution is 2.15. The van der Waals surface area contributed by atoms with E-state index in [4.69, 9.17) is 0 Å². The molecule has 126 valence electrons. The second kappa shape index (κ2) is 6.52. The van der Waals surface area contributed by atoms with Crippen molar-refractivity contribution in [3.8, 4) is 0 Å². The summed E-state index contributed by atoms with van der Waals surface area (Å²) in [4.78, 5) is 18.6. The Balaban J connectivity index is 1.49. The first kappa shape index (κ1) is 15.6. The molecular weight excluding hydrogens is 334 g/mol. The van der Waals surface area contributed by atoms with Crippen molar-refractivity contribution in [3.05, 3.63) is 70.4 Å². The smallest absolute Gasteiger partial charge is 0.274 e. The van der Waals surface area contributed by atoms with E-state index in [0.717, 1.165) is 22.3 Å². The van der Waals surface area contributed by atoms with Crippen LogP contribution in [0.25, 0.3) is 11.0 Å². The number of nitrogens with one attached hydrogen (secondary N) is 1. The van der Waals surface area contributed by atoms with E-state index in [2.05, 4.69) is 15.2 Å². The summed E-state index contributed by atoms with van der Waals surface area (Å²) in [5.74, 6) is -0.0933. The van der Waals surface area contributed by atoms with Crippen molar-refractivity contribution in [1.29, 1.82) is 0 Å². The quantitative estimate of drug-likeness (QED) is 0.601. The number of amides is 1. The third-order valence-electron chi connectivity index (χ3n) is 4.06. The fraction of sp³-hybridized carbons (Fsp3) is 0.167. The molecule has 25 heavy (non-hydrogen) atoms. The van der Waals surface area contributed by atoms with Crippen LogP contribution in [0.4, 0.5) is 0 Å². The number of para-hydroxylation sites is 2. The number of carbonyl (C=O) groups is 1. The Labute approximate surface area is 148 Å². The lowest BCUT2D eigenvalue weighted by atomic mass is 10.2. The van der Waals surface area contributed by atoms with Gasteiger partial charge in [-0.15, -0.1) is 0 Å². The summed E-state index contributed by atoms with van der Waals surface area (Å²) in [6.45, 7) is 1.17. The Morgan fingerprint density at radius 2 is 2.20 bits per heavy atom. The third kappa shape index (κ3) is 3.18. The van der Waals surface area contributed by atoms with Crippen molar-refractivity contribution >= 4 is 28.3 Å². The van der Waals surface area contributed by atoms with Gasteiger partial charge in [0, 0.05) is 13.6 Å². The van der Waals surface area contributed by atoms with Gasteiger partial charge in [0.15, 0.2) is 0 Å². The molecule has 4 aromatic rings. The number of aromatic amines is 1. The zero-order valence-electron chi connectivity index (χ0n) is 13.7. The summed E-state index contributed by atoms with van der Waals surface area (Å²) in [5, 5.41) is 11.2. The molecule has 0 saturated heterocycles. The highest BCUT2D eigenvalue weighted by molar-refractivity contribution is 7.07. The molecule has 0 saturated carbocycles. The molecule has 6 nitrogen and oxygen atoms in total. The highest BCUT2D eigenvalue weighted by atomic mass is 32.1. The number of hydrogen-bond acceptors (Lipinski definition) is 4. The largest absolute Gasteiger partial charge is 0.336 e. The first-order valence-corrected chi connectivity index (χ1v) is 8.85. The van der Waals surface area contributed by atoms with Gasteiger partial charge in [-0.25, -0.2) is 4.98 Å². The number of benzene rings is 1. The van der Waals surface area contributed by atoms with E-state index in [1.807, 2.05) is 45.7 Å².